The van der Waals surface area contributed by atoms with Crippen molar-refractivity contribution in [3.63, 3.8) is 0 Å². The molecule has 6 nitrogen and oxygen atoms in total. The summed E-state index contributed by atoms with van der Waals surface area (Å²) in [5, 5.41) is 11.3. The van der Waals surface area contributed by atoms with E-state index in [4.69, 9.17) is 5.26 Å². The molecule has 0 aliphatic rings. The number of benzene rings is 2. The first-order valence-corrected chi connectivity index (χ1v) is 9.17. The lowest BCUT2D eigenvalue weighted by atomic mass is 10.1. The van der Waals surface area contributed by atoms with Gasteiger partial charge in [-0.1, -0.05) is 12.1 Å². The first-order valence-electron chi connectivity index (χ1n) is 7.69. The van der Waals surface area contributed by atoms with Crippen molar-refractivity contribution in [1.29, 1.82) is 5.26 Å². The molecule has 0 unspecified atom stereocenters. The van der Waals surface area contributed by atoms with E-state index in [1.165, 1.54) is 24.3 Å². The van der Waals surface area contributed by atoms with E-state index in [1.807, 2.05) is 38.1 Å². The second kappa shape index (κ2) is 7.92. The molecule has 0 aliphatic heterocycles. The minimum atomic E-state index is -3.68. The quantitative estimate of drug-likeness (QED) is 0.777. The number of rotatable bonds is 6. The molecule has 7 heteroatoms. The minimum Gasteiger partial charge on any atom is -0.322 e. The number of nitriles is 1. The smallest absolute Gasteiger partial charge is 0.255 e. The van der Waals surface area contributed by atoms with Crippen LogP contribution in [0.3, 0.4) is 0 Å². The highest BCUT2D eigenvalue weighted by Crippen LogP contribution is 2.19. The molecule has 2 aromatic carbocycles. The summed E-state index contributed by atoms with van der Waals surface area (Å²) in [4.78, 5) is 12.4. The van der Waals surface area contributed by atoms with E-state index >= 15 is 0 Å². The summed E-state index contributed by atoms with van der Waals surface area (Å²) in [6, 6.07) is 13.2. The highest BCUT2D eigenvalue weighted by molar-refractivity contribution is 7.89. The molecule has 0 fully saturated rings. The molecule has 2 rings (SSSR count). The molecular formula is C18H19N3O3S. The van der Waals surface area contributed by atoms with E-state index in [1.54, 1.807) is 0 Å². The number of anilines is 1. The zero-order valence-corrected chi connectivity index (χ0v) is 14.9. The van der Waals surface area contributed by atoms with Gasteiger partial charge in [-0.05, 0) is 55.3 Å². The molecule has 130 valence electrons. The monoisotopic (exact) mass is 357 g/mol. The van der Waals surface area contributed by atoms with Gasteiger partial charge in [-0.25, -0.2) is 13.1 Å². The number of nitrogens with zero attached hydrogens (tertiary/aromatic N) is 1. The molecule has 0 bridgehead atoms. The van der Waals surface area contributed by atoms with Crippen LogP contribution < -0.4 is 10.0 Å². The van der Waals surface area contributed by atoms with Gasteiger partial charge in [-0.15, -0.1) is 0 Å². The highest BCUT2D eigenvalue weighted by atomic mass is 32.2. The minimum absolute atomic E-state index is 0.0493. The Morgan fingerprint density at radius 2 is 1.80 bits per heavy atom. The maximum Gasteiger partial charge on any atom is 0.255 e. The second-order valence-electron chi connectivity index (χ2n) is 5.53. The Labute approximate surface area is 147 Å². The predicted octanol–water partition coefficient (Wildman–Crippen LogP) is 2.75. The molecule has 0 saturated heterocycles. The third-order valence-corrected chi connectivity index (χ3v) is 5.29. The van der Waals surface area contributed by atoms with Gasteiger partial charge in [0.2, 0.25) is 10.0 Å². The standard InChI is InChI=1S/C18H19N3O3S/c1-13-5-3-6-17(14(13)2)21-18(22)15-7-9-16(10-8-15)25(23,24)20-12-4-11-19/h3,5-10,20H,4,12H2,1-2H3,(H,21,22). The lowest BCUT2D eigenvalue weighted by molar-refractivity contribution is 0.102. The van der Waals surface area contributed by atoms with Crippen LogP contribution in [-0.2, 0) is 10.0 Å². The molecule has 0 aliphatic carbocycles. The van der Waals surface area contributed by atoms with Gasteiger partial charge in [0.05, 0.1) is 11.0 Å². The fourth-order valence-corrected chi connectivity index (χ4v) is 3.22. The van der Waals surface area contributed by atoms with Crippen LogP contribution in [0.15, 0.2) is 47.4 Å². The Hall–Kier alpha value is -2.69. The fourth-order valence-electron chi connectivity index (χ4n) is 2.19. The van der Waals surface area contributed by atoms with E-state index in [0.29, 0.717) is 5.56 Å². The van der Waals surface area contributed by atoms with E-state index in [2.05, 4.69) is 10.0 Å². The van der Waals surface area contributed by atoms with Crippen molar-refractivity contribution in [2.75, 3.05) is 11.9 Å². The number of carbonyl (C=O) groups excluding carboxylic acids is 1. The molecule has 0 heterocycles. The van der Waals surface area contributed by atoms with Crippen molar-refractivity contribution in [1.82, 2.24) is 4.72 Å². The number of aryl methyl sites for hydroxylation is 1. The Balaban J connectivity index is 2.13. The summed E-state index contributed by atoms with van der Waals surface area (Å²) < 4.78 is 26.4. The van der Waals surface area contributed by atoms with Gasteiger partial charge in [-0.3, -0.25) is 4.79 Å². The van der Waals surface area contributed by atoms with Crippen LogP contribution in [0.1, 0.15) is 27.9 Å². The van der Waals surface area contributed by atoms with Crippen molar-refractivity contribution in [3.05, 3.63) is 59.2 Å². The molecule has 0 saturated carbocycles. The predicted molar refractivity (Wildman–Crippen MR) is 95.7 cm³/mol. The third-order valence-electron chi connectivity index (χ3n) is 3.81. The van der Waals surface area contributed by atoms with E-state index in [0.717, 1.165) is 16.8 Å². The summed E-state index contributed by atoms with van der Waals surface area (Å²) in [5.41, 5.74) is 3.14. The number of amides is 1. The number of nitrogens with one attached hydrogen (secondary N) is 2. The maximum absolute atomic E-state index is 12.3. The van der Waals surface area contributed by atoms with Crippen molar-refractivity contribution < 1.29 is 13.2 Å². The summed E-state index contributed by atoms with van der Waals surface area (Å²) in [6.45, 7) is 3.94. The SMILES string of the molecule is Cc1cccc(NC(=O)c2ccc(S(=O)(=O)NCCC#N)cc2)c1C. The Morgan fingerprint density at radius 3 is 2.44 bits per heavy atom. The molecule has 0 atom stereocenters. The topological polar surface area (TPSA) is 99.1 Å². The average molecular weight is 357 g/mol. The van der Waals surface area contributed by atoms with Gasteiger partial charge >= 0.3 is 0 Å². The van der Waals surface area contributed by atoms with Gasteiger partial charge in [0.25, 0.3) is 5.91 Å². The fraction of sp³-hybridized carbons (Fsp3) is 0.222. The molecule has 0 aromatic heterocycles. The summed E-state index contributed by atoms with van der Waals surface area (Å²) in [5.74, 6) is -0.310. The van der Waals surface area contributed by atoms with Crippen molar-refractivity contribution >= 4 is 21.6 Å². The first-order chi connectivity index (χ1) is 11.8. The average Bonchev–Trinajstić information content (AvgIpc) is 2.59. The molecule has 2 N–H and O–H groups in total. The van der Waals surface area contributed by atoms with Crippen LogP contribution in [0.4, 0.5) is 5.69 Å². The summed E-state index contributed by atoms with van der Waals surface area (Å²) in [6.07, 6.45) is 0.0928. The zero-order chi connectivity index (χ0) is 18.4. The number of hydrogen-bond acceptors (Lipinski definition) is 4. The molecular weight excluding hydrogens is 338 g/mol. The van der Waals surface area contributed by atoms with Crippen LogP contribution in [0.5, 0.6) is 0 Å². The zero-order valence-electron chi connectivity index (χ0n) is 14.0. The first kappa shape index (κ1) is 18.6. The van der Waals surface area contributed by atoms with Crippen LogP contribution in [-0.4, -0.2) is 20.9 Å². The third kappa shape index (κ3) is 4.66. The van der Waals surface area contributed by atoms with Crippen LogP contribution in [0.2, 0.25) is 0 Å². The molecule has 2 aromatic rings. The van der Waals surface area contributed by atoms with Gasteiger partial charge in [-0.2, -0.15) is 5.26 Å². The van der Waals surface area contributed by atoms with Gasteiger partial charge in [0.15, 0.2) is 0 Å². The lowest BCUT2D eigenvalue weighted by Gasteiger charge is -2.11. The molecule has 25 heavy (non-hydrogen) atoms. The number of carbonyl (C=O) groups is 1. The van der Waals surface area contributed by atoms with Crippen molar-refractivity contribution in [2.45, 2.75) is 25.2 Å². The Bertz CT molecular complexity index is 914. The maximum atomic E-state index is 12.3. The summed E-state index contributed by atoms with van der Waals surface area (Å²) in [7, 11) is -3.68. The Kier molecular flexibility index (Phi) is 5.91. The number of sulfonamides is 1. The molecule has 1 amide bonds. The van der Waals surface area contributed by atoms with Crippen LogP contribution in [0, 0.1) is 25.2 Å². The van der Waals surface area contributed by atoms with Crippen molar-refractivity contribution in [3.8, 4) is 6.07 Å². The number of hydrogen-bond donors (Lipinski definition) is 2. The van der Waals surface area contributed by atoms with Crippen LogP contribution >= 0.6 is 0 Å². The molecule has 0 spiro atoms. The normalized spacial score (nSPS) is 10.9. The van der Waals surface area contributed by atoms with E-state index in [9.17, 15) is 13.2 Å². The Morgan fingerprint density at radius 1 is 1.12 bits per heavy atom. The largest absolute Gasteiger partial charge is 0.322 e. The van der Waals surface area contributed by atoms with Gasteiger partial charge in [0, 0.05) is 24.2 Å². The van der Waals surface area contributed by atoms with Gasteiger partial charge < -0.3 is 5.32 Å². The van der Waals surface area contributed by atoms with E-state index < -0.39 is 10.0 Å². The van der Waals surface area contributed by atoms with Gasteiger partial charge in [0.1, 0.15) is 0 Å². The van der Waals surface area contributed by atoms with Crippen molar-refractivity contribution in [2.24, 2.45) is 0 Å². The summed E-state index contributed by atoms with van der Waals surface area (Å²) >= 11 is 0. The lowest BCUT2D eigenvalue weighted by Crippen LogP contribution is -2.24. The molecule has 0 radical (unpaired) electrons. The second-order valence-corrected chi connectivity index (χ2v) is 7.30. The highest BCUT2D eigenvalue weighted by Gasteiger charge is 2.15. The van der Waals surface area contributed by atoms with E-state index in [-0.39, 0.29) is 23.8 Å². The van der Waals surface area contributed by atoms with Crippen LogP contribution in [0.25, 0.3) is 0 Å².